The normalized spacial score (nSPS) is 23.2. The van der Waals surface area contributed by atoms with Crippen LogP contribution >= 0.6 is 11.8 Å². The molecule has 0 N–H and O–H groups in total. The Bertz CT molecular complexity index is 78.6. The lowest BCUT2D eigenvalue weighted by Gasteiger charge is -2.07. The number of hydrogen-bond acceptors (Lipinski definition) is 2. The molecule has 1 aliphatic carbocycles. The summed E-state index contributed by atoms with van der Waals surface area (Å²) >= 11 is 1.94. The van der Waals surface area contributed by atoms with Crippen molar-refractivity contribution in [2.75, 3.05) is 20.0 Å². The molecule has 1 rings (SSSR count). The predicted molar refractivity (Wildman–Crippen MR) is 37.4 cm³/mol. The molecule has 0 spiro atoms. The molecule has 0 unspecified atom stereocenters. The Kier molecular flexibility index (Phi) is 1.83. The molecule has 48 valence electrons. The lowest BCUT2D eigenvalue weighted by Crippen LogP contribution is -2.09. The van der Waals surface area contributed by atoms with Gasteiger partial charge < -0.3 is 4.74 Å². The highest BCUT2D eigenvalue weighted by Crippen LogP contribution is 2.46. The molecule has 0 amide bonds. The van der Waals surface area contributed by atoms with Gasteiger partial charge in [-0.3, -0.25) is 0 Å². The summed E-state index contributed by atoms with van der Waals surface area (Å²) in [6, 6.07) is 0. The highest BCUT2D eigenvalue weighted by atomic mass is 32.2. The molecular formula is C6H12OS. The molecule has 0 aromatic carbocycles. The summed E-state index contributed by atoms with van der Waals surface area (Å²) in [4.78, 5) is 0. The van der Waals surface area contributed by atoms with E-state index in [9.17, 15) is 0 Å². The van der Waals surface area contributed by atoms with Crippen LogP contribution < -0.4 is 0 Å². The van der Waals surface area contributed by atoms with E-state index in [4.69, 9.17) is 4.74 Å². The molecule has 0 atom stereocenters. The molecule has 0 saturated heterocycles. The van der Waals surface area contributed by atoms with Crippen molar-refractivity contribution in [3.63, 3.8) is 0 Å². The van der Waals surface area contributed by atoms with Gasteiger partial charge in [0.25, 0.3) is 0 Å². The summed E-state index contributed by atoms with van der Waals surface area (Å²) < 4.78 is 5.58. The topological polar surface area (TPSA) is 9.23 Å². The minimum atomic E-state index is 0.536. The minimum absolute atomic E-state index is 0.536. The largest absolute Gasteiger partial charge is 0.383 e. The molecule has 0 bridgehead atoms. The van der Waals surface area contributed by atoms with Crippen molar-refractivity contribution in [1.82, 2.24) is 0 Å². The van der Waals surface area contributed by atoms with Gasteiger partial charge in [-0.15, -0.1) is 0 Å². The zero-order chi connectivity index (χ0) is 6.04. The first-order valence-corrected chi connectivity index (χ1v) is 4.09. The van der Waals surface area contributed by atoms with E-state index >= 15 is 0 Å². The van der Waals surface area contributed by atoms with Crippen LogP contribution in [0.15, 0.2) is 0 Å². The third-order valence-corrected chi connectivity index (χ3v) is 3.04. The molecule has 0 aromatic rings. The fourth-order valence-electron chi connectivity index (χ4n) is 0.810. The average molecular weight is 132 g/mol. The highest BCUT2D eigenvalue weighted by molar-refractivity contribution is 8.00. The van der Waals surface area contributed by atoms with Gasteiger partial charge in [-0.05, 0) is 19.1 Å². The maximum Gasteiger partial charge on any atom is 0.0609 e. The van der Waals surface area contributed by atoms with Crippen LogP contribution in [0.1, 0.15) is 12.8 Å². The predicted octanol–water partition coefficient (Wildman–Crippen LogP) is 1.53. The summed E-state index contributed by atoms with van der Waals surface area (Å²) in [5, 5.41) is 0. The molecule has 0 aliphatic heterocycles. The maximum absolute atomic E-state index is 5.04. The van der Waals surface area contributed by atoms with E-state index in [0.717, 1.165) is 6.61 Å². The van der Waals surface area contributed by atoms with Crippen LogP contribution in [0.3, 0.4) is 0 Å². The van der Waals surface area contributed by atoms with E-state index in [1.54, 1.807) is 7.11 Å². The van der Waals surface area contributed by atoms with Gasteiger partial charge in [0, 0.05) is 11.9 Å². The fraction of sp³-hybridized carbons (Fsp3) is 1.00. The maximum atomic E-state index is 5.04. The van der Waals surface area contributed by atoms with Crippen molar-refractivity contribution in [3.8, 4) is 0 Å². The van der Waals surface area contributed by atoms with Crippen LogP contribution in [0.4, 0.5) is 0 Å². The van der Waals surface area contributed by atoms with Crippen molar-refractivity contribution in [2.24, 2.45) is 0 Å². The Morgan fingerprint density at radius 3 is 2.38 bits per heavy atom. The van der Waals surface area contributed by atoms with E-state index in [-0.39, 0.29) is 0 Å². The van der Waals surface area contributed by atoms with Gasteiger partial charge in [0.2, 0.25) is 0 Å². The molecule has 2 heteroatoms. The molecule has 1 saturated carbocycles. The van der Waals surface area contributed by atoms with Crippen molar-refractivity contribution in [1.29, 1.82) is 0 Å². The van der Waals surface area contributed by atoms with Crippen LogP contribution in [0.5, 0.6) is 0 Å². The lowest BCUT2D eigenvalue weighted by atomic mass is 10.4. The summed E-state index contributed by atoms with van der Waals surface area (Å²) in [5.74, 6) is 0. The van der Waals surface area contributed by atoms with Gasteiger partial charge in [0.05, 0.1) is 6.61 Å². The Hall–Kier alpha value is 0.310. The van der Waals surface area contributed by atoms with E-state index in [2.05, 4.69) is 6.26 Å². The van der Waals surface area contributed by atoms with E-state index in [1.165, 1.54) is 12.8 Å². The summed E-state index contributed by atoms with van der Waals surface area (Å²) in [7, 11) is 1.77. The van der Waals surface area contributed by atoms with Gasteiger partial charge in [0.15, 0.2) is 0 Å². The smallest absolute Gasteiger partial charge is 0.0609 e. The first-order valence-electron chi connectivity index (χ1n) is 2.87. The Balaban J connectivity index is 2.20. The van der Waals surface area contributed by atoms with Gasteiger partial charge in [-0.2, -0.15) is 11.8 Å². The Morgan fingerprint density at radius 1 is 1.62 bits per heavy atom. The van der Waals surface area contributed by atoms with Crippen molar-refractivity contribution >= 4 is 11.8 Å². The molecule has 0 aromatic heterocycles. The van der Waals surface area contributed by atoms with Crippen molar-refractivity contribution in [2.45, 2.75) is 17.6 Å². The second kappa shape index (κ2) is 2.28. The molecule has 1 aliphatic rings. The zero-order valence-corrected chi connectivity index (χ0v) is 6.25. The number of ether oxygens (including phenoxy) is 1. The molecule has 0 radical (unpaired) electrons. The van der Waals surface area contributed by atoms with Gasteiger partial charge in [-0.1, -0.05) is 0 Å². The van der Waals surface area contributed by atoms with Crippen LogP contribution in [0, 0.1) is 0 Å². The SMILES string of the molecule is COCC1(SC)CC1. The monoisotopic (exact) mass is 132 g/mol. The number of hydrogen-bond donors (Lipinski definition) is 0. The van der Waals surface area contributed by atoms with Crippen LogP contribution in [0.25, 0.3) is 0 Å². The third-order valence-electron chi connectivity index (χ3n) is 1.65. The van der Waals surface area contributed by atoms with Gasteiger partial charge in [0.1, 0.15) is 0 Å². The first-order chi connectivity index (χ1) is 3.83. The zero-order valence-electron chi connectivity index (χ0n) is 5.44. The average Bonchev–Trinajstić information content (AvgIpc) is 2.50. The van der Waals surface area contributed by atoms with Crippen LogP contribution in [-0.2, 0) is 4.74 Å². The van der Waals surface area contributed by atoms with E-state index in [1.807, 2.05) is 11.8 Å². The van der Waals surface area contributed by atoms with E-state index < -0.39 is 0 Å². The third kappa shape index (κ3) is 1.17. The Labute approximate surface area is 54.8 Å². The molecule has 1 nitrogen and oxygen atoms in total. The molecule has 8 heavy (non-hydrogen) atoms. The number of methoxy groups -OCH3 is 1. The van der Waals surface area contributed by atoms with E-state index in [0.29, 0.717) is 4.75 Å². The van der Waals surface area contributed by atoms with Crippen molar-refractivity contribution < 1.29 is 4.74 Å². The molecular weight excluding hydrogens is 120 g/mol. The van der Waals surface area contributed by atoms with Crippen molar-refractivity contribution in [3.05, 3.63) is 0 Å². The number of rotatable bonds is 3. The first kappa shape index (κ1) is 6.43. The summed E-state index contributed by atoms with van der Waals surface area (Å²) in [6.45, 7) is 0.939. The van der Waals surface area contributed by atoms with Crippen LogP contribution in [-0.4, -0.2) is 24.7 Å². The fourth-order valence-corrected chi connectivity index (χ4v) is 1.56. The number of thioether (sulfide) groups is 1. The van der Waals surface area contributed by atoms with Gasteiger partial charge in [-0.25, -0.2) is 0 Å². The summed E-state index contributed by atoms with van der Waals surface area (Å²) in [5.41, 5.74) is 0. The Morgan fingerprint density at radius 2 is 2.25 bits per heavy atom. The standard InChI is InChI=1S/C6H12OS/c1-7-5-6(8-2)3-4-6/h3-5H2,1-2H3. The minimum Gasteiger partial charge on any atom is -0.383 e. The van der Waals surface area contributed by atoms with Crippen LogP contribution in [0.2, 0.25) is 0 Å². The summed E-state index contributed by atoms with van der Waals surface area (Å²) in [6.07, 6.45) is 4.86. The molecule has 0 heterocycles. The lowest BCUT2D eigenvalue weighted by molar-refractivity contribution is 0.195. The van der Waals surface area contributed by atoms with Gasteiger partial charge >= 0.3 is 0 Å². The quantitative estimate of drug-likeness (QED) is 0.576. The second-order valence-corrected chi connectivity index (χ2v) is 3.59. The molecule has 1 fully saturated rings. The highest BCUT2D eigenvalue weighted by Gasteiger charge is 2.41. The second-order valence-electron chi connectivity index (χ2n) is 2.32.